The molecule has 3 N–H and O–H groups in total. The van der Waals surface area contributed by atoms with Crippen molar-refractivity contribution in [2.75, 3.05) is 0 Å². The van der Waals surface area contributed by atoms with Crippen LogP contribution in [0.25, 0.3) is 0 Å². The van der Waals surface area contributed by atoms with E-state index in [1.807, 2.05) is 38.3 Å². The lowest BCUT2D eigenvalue weighted by atomic mass is 9.99. The molecule has 0 fully saturated rings. The standard InChI is InChI=1S/C14H22N2O3S/c1-4-9(3)12(13(17)18)16-14(19)15-10(5-2)11-7-6-8-20-11/h6-10,12H,4-5H2,1-3H3,(H,17,18)(H2,15,16,19). The van der Waals surface area contributed by atoms with Gasteiger partial charge in [-0.1, -0.05) is 33.3 Å². The molecule has 1 heterocycles. The van der Waals surface area contributed by atoms with E-state index in [2.05, 4.69) is 10.6 Å². The molecule has 0 aliphatic heterocycles. The Morgan fingerprint density at radius 1 is 1.30 bits per heavy atom. The van der Waals surface area contributed by atoms with Crippen LogP contribution in [0.4, 0.5) is 4.79 Å². The molecule has 3 unspecified atom stereocenters. The monoisotopic (exact) mass is 298 g/mol. The van der Waals surface area contributed by atoms with Gasteiger partial charge < -0.3 is 15.7 Å². The zero-order valence-electron chi connectivity index (χ0n) is 12.1. The average Bonchev–Trinajstić information content (AvgIpc) is 2.94. The van der Waals surface area contributed by atoms with Crippen molar-refractivity contribution in [2.24, 2.45) is 5.92 Å². The first-order valence-electron chi connectivity index (χ1n) is 6.82. The third-order valence-electron chi connectivity index (χ3n) is 3.37. The molecule has 0 saturated heterocycles. The number of carbonyl (C=O) groups excluding carboxylic acids is 1. The number of aliphatic carboxylic acids is 1. The van der Waals surface area contributed by atoms with Gasteiger partial charge in [-0.2, -0.15) is 0 Å². The maximum Gasteiger partial charge on any atom is 0.326 e. The second-order valence-corrected chi connectivity index (χ2v) is 5.77. The fourth-order valence-corrected chi connectivity index (χ4v) is 2.75. The van der Waals surface area contributed by atoms with Crippen LogP contribution in [0.2, 0.25) is 0 Å². The first-order valence-corrected chi connectivity index (χ1v) is 7.70. The lowest BCUT2D eigenvalue weighted by Gasteiger charge is -2.22. The maximum atomic E-state index is 12.0. The molecule has 112 valence electrons. The Balaban J connectivity index is 2.63. The van der Waals surface area contributed by atoms with Crippen molar-refractivity contribution in [3.63, 3.8) is 0 Å². The highest BCUT2D eigenvalue weighted by Gasteiger charge is 2.26. The van der Waals surface area contributed by atoms with Crippen LogP contribution in [-0.4, -0.2) is 23.1 Å². The normalized spacial score (nSPS) is 15.2. The largest absolute Gasteiger partial charge is 0.480 e. The second-order valence-electron chi connectivity index (χ2n) is 4.80. The Morgan fingerprint density at radius 3 is 2.45 bits per heavy atom. The Bertz CT molecular complexity index is 434. The number of hydrogen-bond acceptors (Lipinski definition) is 3. The van der Waals surface area contributed by atoms with Gasteiger partial charge >= 0.3 is 12.0 Å². The van der Waals surface area contributed by atoms with Crippen LogP contribution in [0.1, 0.15) is 44.5 Å². The first kappa shape index (κ1) is 16.5. The van der Waals surface area contributed by atoms with E-state index < -0.39 is 18.0 Å². The van der Waals surface area contributed by atoms with Crippen LogP contribution in [0.3, 0.4) is 0 Å². The van der Waals surface area contributed by atoms with E-state index in [1.54, 1.807) is 11.3 Å². The second kappa shape index (κ2) is 7.89. The summed E-state index contributed by atoms with van der Waals surface area (Å²) in [5.74, 6) is -1.11. The van der Waals surface area contributed by atoms with Gasteiger partial charge in [-0.05, 0) is 23.8 Å². The van der Waals surface area contributed by atoms with E-state index in [1.165, 1.54) is 0 Å². The number of carboxylic acid groups (broad SMARTS) is 1. The highest BCUT2D eigenvalue weighted by atomic mass is 32.1. The maximum absolute atomic E-state index is 12.0. The molecule has 20 heavy (non-hydrogen) atoms. The van der Waals surface area contributed by atoms with Gasteiger partial charge in [0.1, 0.15) is 6.04 Å². The molecule has 2 amide bonds. The predicted octanol–water partition coefficient (Wildman–Crippen LogP) is 3.00. The fourth-order valence-electron chi connectivity index (χ4n) is 1.89. The van der Waals surface area contributed by atoms with Crippen LogP contribution in [0, 0.1) is 5.92 Å². The van der Waals surface area contributed by atoms with Gasteiger partial charge in [-0.25, -0.2) is 9.59 Å². The number of urea groups is 1. The Morgan fingerprint density at radius 2 is 2.00 bits per heavy atom. The summed E-state index contributed by atoms with van der Waals surface area (Å²) in [5, 5.41) is 16.5. The van der Waals surface area contributed by atoms with E-state index in [-0.39, 0.29) is 12.0 Å². The molecule has 0 aromatic carbocycles. The molecule has 0 aliphatic carbocycles. The fraction of sp³-hybridized carbons (Fsp3) is 0.571. The van der Waals surface area contributed by atoms with Gasteiger partial charge in [0.25, 0.3) is 0 Å². The van der Waals surface area contributed by atoms with E-state index in [0.717, 1.165) is 11.3 Å². The highest BCUT2D eigenvalue weighted by molar-refractivity contribution is 7.10. The zero-order valence-corrected chi connectivity index (χ0v) is 12.9. The molecule has 0 saturated carbocycles. The third-order valence-corrected chi connectivity index (χ3v) is 4.35. The topological polar surface area (TPSA) is 78.4 Å². The summed E-state index contributed by atoms with van der Waals surface area (Å²) in [6, 6.07) is 2.52. The number of rotatable bonds is 7. The molecule has 6 heteroatoms. The van der Waals surface area contributed by atoms with E-state index >= 15 is 0 Å². The van der Waals surface area contributed by atoms with E-state index in [4.69, 9.17) is 5.11 Å². The van der Waals surface area contributed by atoms with Gasteiger partial charge in [0.2, 0.25) is 0 Å². The van der Waals surface area contributed by atoms with Gasteiger partial charge in [-0.15, -0.1) is 11.3 Å². The van der Waals surface area contributed by atoms with Gasteiger partial charge in [-0.3, -0.25) is 0 Å². The number of nitrogens with one attached hydrogen (secondary N) is 2. The molecule has 0 spiro atoms. The number of hydrogen-bond donors (Lipinski definition) is 3. The quantitative estimate of drug-likeness (QED) is 0.724. The van der Waals surface area contributed by atoms with Crippen LogP contribution >= 0.6 is 11.3 Å². The van der Waals surface area contributed by atoms with Crippen molar-refractivity contribution in [1.29, 1.82) is 0 Å². The smallest absolute Gasteiger partial charge is 0.326 e. The molecule has 0 bridgehead atoms. The Kier molecular flexibility index (Phi) is 6.51. The zero-order chi connectivity index (χ0) is 15.1. The van der Waals surface area contributed by atoms with Gasteiger partial charge in [0.05, 0.1) is 6.04 Å². The molecule has 1 aromatic heterocycles. The predicted molar refractivity (Wildman–Crippen MR) is 79.9 cm³/mol. The molecule has 5 nitrogen and oxygen atoms in total. The van der Waals surface area contributed by atoms with Gasteiger partial charge in [0, 0.05) is 4.88 Å². The first-order chi connectivity index (χ1) is 9.49. The number of carbonyl (C=O) groups is 2. The van der Waals surface area contributed by atoms with Crippen LogP contribution in [-0.2, 0) is 4.79 Å². The molecular weight excluding hydrogens is 276 g/mol. The molecule has 0 aliphatic rings. The SMILES string of the molecule is CCC(NC(=O)NC(C(=O)O)C(C)CC)c1cccs1. The number of thiophene rings is 1. The summed E-state index contributed by atoms with van der Waals surface area (Å²) in [7, 11) is 0. The average molecular weight is 298 g/mol. The van der Waals surface area contributed by atoms with Crippen molar-refractivity contribution in [1.82, 2.24) is 10.6 Å². The van der Waals surface area contributed by atoms with Crippen molar-refractivity contribution in [2.45, 2.75) is 45.7 Å². The lowest BCUT2D eigenvalue weighted by Crippen LogP contribution is -2.49. The third kappa shape index (κ3) is 4.52. The summed E-state index contributed by atoms with van der Waals surface area (Å²) in [4.78, 5) is 24.2. The summed E-state index contributed by atoms with van der Waals surface area (Å²) in [5.41, 5.74) is 0. The number of carboxylic acids is 1. The lowest BCUT2D eigenvalue weighted by molar-refractivity contribution is -0.140. The molecular formula is C14H22N2O3S. The van der Waals surface area contributed by atoms with Crippen molar-refractivity contribution >= 4 is 23.3 Å². The highest BCUT2D eigenvalue weighted by Crippen LogP contribution is 2.21. The minimum absolute atomic E-state index is 0.0821. The summed E-state index contributed by atoms with van der Waals surface area (Å²) in [6.07, 6.45) is 1.45. The Labute approximate surface area is 123 Å². The molecule has 0 radical (unpaired) electrons. The summed E-state index contributed by atoms with van der Waals surface area (Å²) >= 11 is 1.57. The molecule has 3 atom stereocenters. The van der Waals surface area contributed by atoms with E-state index in [0.29, 0.717) is 6.42 Å². The minimum atomic E-state index is -1.00. The minimum Gasteiger partial charge on any atom is -0.480 e. The van der Waals surface area contributed by atoms with E-state index in [9.17, 15) is 9.59 Å². The Hall–Kier alpha value is -1.56. The summed E-state index contributed by atoms with van der Waals surface area (Å²) in [6.45, 7) is 5.70. The van der Waals surface area contributed by atoms with Crippen LogP contribution < -0.4 is 10.6 Å². The van der Waals surface area contributed by atoms with Crippen molar-refractivity contribution < 1.29 is 14.7 Å². The van der Waals surface area contributed by atoms with Crippen LogP contribution in [0.15, 0.2) is 17.5 Å². The van der Waals surface area contributed by atoms with Crippen LogP contribution in [0.5, 0.6) is 0 Å². The van der Waals surface area contributed by atoms with Gasteiger partial charge in [0.15, 0.2) is 0 Å². The van der Waals surface area contributed by atoms with Crippen molar-refractivity contribution in [3.05, 3.63) is 22.4 Å². The number of amides is 2. The molecule has 1 aromatic rings. The molecule has 1 rings (SSSR count). The summed E-state index contributed by atoms with van der Waals surface area (Å²) < 4.78 is 0. The van der Waals surface area contributed by atoms with Crippen molar-refractivity contribution in [3.8, 4) is 0 Å².